The molecule has 0 radical (unpaired) electrons. The third kappa shape index (κ3) is 1.12. The Bertz CT molecular complexity index is 802. The molecule has 0 aromatic rings. The first-order valence-electron chi connectivity index (χ1n) is 10.1. The number of esters is 1. The first kappa shape index (κ1) is 14.2. The molecule has 3 saturated carbocycles. The number of ether oxygens (including phenoxy) is 3. The number of rotatable bonds is 0. The summed E-state index contributed by atoms with van der Waals surface area (Å²) in [5, 5.41) is 0. The number of epoxide rings is 2. The Morgan fingerprint density at radius 1 is 1.12 bits per heavy atom. The highest BCUT2D eigenvalue weighted by Gasteiger charge is 2.97. The van der Waals surface area contributed by atoms with Crippen molar-refractivity contribution in [2.75, 3.05) is 6.61 Å². The number of carbonyl (C=O) groups excluding carboxylic acids is 1. The third-order valence-electron chi connectivity index (χ3n) is 9.98. The standard InChI is InChI=1S/C21H26O4/c1-9-6-19(4)12(11-8-23-17(22)15(9)11)5-14-20(24-14)10(2)18(3)7-13(18)16-21(19,20)25-16/h9-10,12-14,16H,5-8H2,1-4H3/t9?,10?,12-,13-,14-,16-,18+,19-,20-,21+/m0/s1. The van der Waals surface area contributed by atoms with Crippen LogP contribution in [0.3, 0.4) is 0 Å². The van der Waals surface area contributed by atoms with Crippen LogP contribution in [0.4, 0.5) is 0 Å². The van der Waals surface area contributed by atoms with E-state index in [0.717, 1.165) is 18.4 Å². The maximum absolute atomic E-state index is 12.3. The highest BCUT2D eigenvalue weighted by Crippen LogP contribution is 2.87. The van der Waals surface area contributed by atoms with Gasteiger partial charge in [-0.15, -0.1) is 0 Å². The number of cyclic esters (lactones) is 1. The Balaban J connectivity index is 1.43. The second-order valence-corrected chi connectivity index (χ2v) is 10.5. The van der Waals surface area contributed by atoms with Gasteiger partial charge in [0.25, 0.3) is 0 Å². The number of fused-ring (bicyclic) bond motifs is 4. The van der Waals surface area contributed by atoms with E-state index >= 15 is 0 Å². The summed E-state index contributed by atoms with van der Waals surface area (Å²) < 4.78 is 18.8. The number of hydrogen-bond donors (Lipinski definition) is 0. The van der Waals surface area contributed by atoms with Gasteiger partial charge in [0.1, 0.15) is 17.8 Å². The van der Waals surface area contributed by atoms with Crippen molar-refractivity contribution in [1.82, 2.24) is 0 Å². The second-order valence-electron chi connectivity index (χ2n) is 10.5. The average molecular weight is 342 g/mol. The van der Waals surface area contributed by atoms with Gasteiger partial charge < -0.3 is 14.2 Å². The average Bonchev–Trinajstić information content (AvgIpc) is 3.44. The molecule has 4 aliphatic carbocycles. The lowest BCUT2D eigenvalue weighted by atomic mass is 9.45. The first-order valence-corrected chi connectivity index (χ1v) is 10.1. The lowest BCUT2D eigenvalue weighted by molar-refractivity contribution is -0.136. The fraction of sp³-hybridized carbons (Fsp3) is 0.857. The molecule has 25 heavy (non-hydrogen) atoms. The molecule has 4 heteroatoms. The second kappa shape index (κ2) is 3.47. The van der Waals surface area contributed by atoms with E-state index < -0.39 is 0 Å². The quantitative estimate of drug-likeness (QED) is 0.502. The molecule has 3 aliphatic heterocycles. The van der Waals surface area contributed by atoms with E-state index in [4.69, 9.17) is 14.2 Å². The zero-order valence-electron chi connectivity index (χ0n) is 15.4. The smallest absolute Gasteiger partial charge is 0.334 e. The highest BCUT2D eigenvalue weighted by atomic mass is 16.7. The minimum Gasteiger partial charge on any atom is -0.458 e. The molecule has 4 nitrogen and oxygen atoms in total. The van der Waals surface area contributed by atoms with Crippen LogP contribution in [0.15, 0.2) is 11.1 Å². The molecule has 7 aliphatic rings. The van der Waals surface area contributed by atoms with Crippen molar-refractivity contribution >= 4 is 5.97 Å². The van der Waals surface area contributed by atoms with E-state index in [-0.39, 0.29) is 28.5 Å². The van der Waals surface area contributed by atoms with Crippen molar-refractivity contribution < 1.29 is 19.0 Å². The summed E-state index contributed by atoms with van der Waals surface area (Å²) >= 11 is 0. The Kier molecular flexibility index (Phi) is 1.97. The molecule has 2 spiro atoms. The molecule has 2 unspecified atom stereocenters. The van der Waals surface area contributed by atoms with Crippen molar-refractivity contribution in [3.05, 3.63) is 11.1 Å². The molecule has 5 fully saturated rings. The Hall–Kier alpha value is -0.870. The van der Waals surface area contributed by atoms with Crippen molar-refractivity contribution in [3.8, 4) is 0 Å². The topological polar surface area (TPSA) is 51.4 Å². The molecule has 134 valence electrons. The van der Waals surface area contributed by atoms with Crippen molar-refractivity contribution in [3.63, 3.8) is 0 Å². The minimum atomic E-state index is -0.119. The van der Waals surface area contributed by atoms with E-state index in [1.54, 1.807) is 0 Å². The van der Waals surface area contributed by atoms with E-state index in [1.807, 2.05) is 0 Å². The summed E-state index contributed by atoms with van der Waals surface area (Å²) in [6, 6.07) is 0. The van der Waals surface area contributed by atoms with Crippen molar-refractivity contribution in [2.45, 2.75) is 70.4 Å². The van der Waals surface area contributed by atoms with Gasteiger partial charge in [-0.2, -0.15) is 0 Å². The predicted molar refractivity (Wildman–Crippen MR) is 88.6 cm³/mol. The van der Waals surface area contributed by atoms with E-state index in [9.17, 15) is 4.79 Å². The van der Waals surface area contributed by atoms with Crippen LogP contribution in [0.5, 0.6) is 0 Å². The van der Waals surface area contributed by atoms with Gasteiger partial charge in [0.15, 0.2) is 0 Å². The van der Waals surface area contributed by atoms with Crippen LogP contribution in [-0.4, -0.2) is 36.0 Å². The van der Waals surface area contributed by atoms with Crippen LogP contribution < -0.4 is 0 Å². The van der Waals surface area contributed by atoms with Gasteiger partial charge in [-0.05, 0) is 53.9 Å². The molecule has 0 aromatic heterocycles. The molecule has 10 atom stereocenters. The van der Waals surface area contributed by atoms with Gasteiger partial charge in [0.05, 0.1) is 12.2 Å². The van der Waals surface area contributed by atoms with Gasteiger partial charge >= 0.3 is 5.97 Å². The summed E-state index contributed by atoms with van der Waals surface area (Å²) in [5.41, 5.74) is 2.55. The predicted octanol–water partition coefficient (Wildman–Crippen LogP) is 2.86. The summed E-state index contributed by atoms with van der Waals surface area (Å²) in [6.45, 7) is 10.0. The van der Waals surface area contributed by atoms with Crippen LogP contribution in [0.25, 0.3) is 0 Å². The van der Waals surface area contributed by atoms with E-state index in [1.165, 1.54) is 12.0 Å². The molecule has 0 aromatic carbocycles. The van der Waals surface area contributed by atoms with Gasteiger partial charge in [0, 0.05) is 11.0 Å². The molecular weight excluding hydrogens is 316 g/mol. The fourth-order valence-corrected chi connectivity index (χ4v) is 8.59. The lowest BCUT2D eigenvalue weighted by Gasteiger charge is -2.55. The summed E-state index contributed by atoms with van der Waals surface area (Å²) in [5.74, 6) is 1.85. The SMILES string of the molecule is CC1C[C@@]2(C)[C@@H](C[C@@H]3O[C@@]34C(C)[C@@]3(C)C[C@H]3[C@@H]3O[C@]324)C2=C1C(=O)OC2. The minimum absolute atomic E-state index is 0.0636. The highest BCUT2D eigenvalue weighted by molar-refractivity contribution is 5.92. The summed E-state index contributed by atoms with van der Waals surface area (Å²) in [4.78, 5) is 12.3. The molecule has 0 bridgehead atoms. The normalized spacial score (nSPS) is 67.9. The summed E-state index contributed by atoms with van der Waals surface area (Å²) in [7, 11) is 0. The number of hydrogen-bond acceptors (Lipinski definition) is 4. The van der Waals surface area contributed by atoms with Gasteiger partial charge in [-0.3, -0.25) is 0 Å². The maximum Gasteiger partial charge on any atom is 0.334 e. The Morgan fingerprint density at radius 2 is 1.92 bits per heavy atom. The zero-order valence-corrected chi connectivity index (χ0v) is 15.4. The van der Waals surface area contributed by atoms with Gasteiger partial charge in [-0.1, -0.05) is 27.7 Å². The Labute approximate surface area is 148 Å². The Morgan fingerprint density at radius 3 is 2.72 bits per heavy atom. The molecule has 0 amide bonds. The molecule has 3 heterocycles. The maximum atomic E-state index is 12.3. The molecule has 2 saturated heterocycles. The van der Waals surface area contributed by atoms with Crippen LogP contribution in [0, 0.1) is 34.5 Å². The lowest BCUT2D eigenvalue weighted by Crippen LogP contribution is -2.64. The molecular formula is C21H26O4. The number of carbonyl (C=O) groups is 1. The largest absolute Gasteiger partial charge is 0.458 e. The monoisotopic (exact) mass is 342 g/mol. The van der Waals surface area contributed by atoms with Crippen LogP contribution in [0.1, 0.15) is 47.0 Å². The van der Waals surface area contributed by atoms with Crippen LogP contribution >= 0.6 is 0 Å². The van der Waals surface area contributed by atoms with E-state index in [0.29, 0.717) is 42.0 Å². The van der Waals surface area contributed by atoms with E-state index in [2.05, 4.69) is 27.7 Å². The third-order valence-corrected chi connectivity index (χ3v) is 9.98. The van der Waals surface area contributed by atoms with Crippen LogP contribution in [0.2, 0.25) is 0 Å². The van der Waals surface area contributed by atoms with Gasteiger partial charge in [0.2, 0.25) is 0 Å². The van der Waals surface area contributed by atoms with Crippen molar-refractivity contribution in [1.29, 1.82) is 0 Å². The first-order chi connectivity index (χ1) is 11.8. The fourth-order valence-electron chi connectivity index (χ4n) is 8.59. The molecule has 7 rings (SSSR count). The summed E-state index contributed by atoms with van der Waals surface area (Å²) in [6.07, 6.45) is 4.04. The van der Waals surface area contributed by atoms with Gasteiger partial charge in [-0.25, -0.2) is 4.79 Å². The molecule has 0 N–H and O–H groups in total. The zero-order chi connectivity index (χ0) is 17.1. The van der Waals surface area contributed by atoms with Crippen LogP contribution in [-0.2, 0) is 19.0 Å². The van der Waals surface area contributed by atoms with Crippen molar-refractivity contribution in [2.24, 2.45) is 34.5 Å².